The lowest BCUT2D eigenvalue weighted by atomic mass is 9.48. The maximum atomic E-state index is 13.8. The molecule has 8 rings (SSSR count). The van der Waals surface area contributed by atoms with Gasteiger partial charge in [0.1, 0.15) is 5.78 Å². The fourth-order valence-corrected chi connectivity index (χ4v) is 12.7. The number of hydrogen-bond acceptors (Lipinski definition) is 3. The number of fused-ring (bicyclic) bond motifs is 6. The van der Waals surface area contributed by atoms with Crippen LogP contribution in [0.15, 0.2) is 11.6 Å². The Morgan fingerprint density at radius 3 is 2.09 bits per heavy atom. The molecular weight excluding hydrogens is 436 g/mol. The van der Waals surface area contributed by atoms with Gasteiger partial charge in [-0.3, -0.25) is 9.59 Å². The number of carbonyl (C=O) groups is 2. The van der Waals surface area contributed by atoms with Crippen molar-refractivity contribution in [3.63, 3.8) is 0 Å². The van der Waals surface area contributed by atoms with E-state index in [2.05, 4.69) is 17.4 Å². The van der Waals surface area contributed by atoms with Crippen LogP contribution in [0.4, 0.5) is 0 Å². The van der Waals surface area contributed by atoms with Gasteiger partial charge in [0.15, 0.2) is 5.78 Å². The Hall–Kier alpha value is -1.22. The average molecular weight is 475 g/mol. The van der Waals surface area contributed by atoms with E-state index in [1.807, 2.05) is 6.92 Å². The van der Waals surface area contributed by atoms with Crippen molar-refractivity contribution in [3.8, 4) is 0 Å². The maximum Gasteiger partial charge on any atom is 0.156 e. The van der Waals surface area contributed by atoms with Crippen LogP contribution in [0.3, 0.4) is 0 Å². The topological polar surface area (TPSA) is 34.1 Å². The van der Waals surface area contributed by atoms with E-state index in [4.69, 9.17) is 0 Å². The molecule has 7 aliphatic rings. The monoisotopic (exact) mass is 474 g/mol. The van der Waals surface area contributed by atoms with Crippen LogP contribution < -0.4 is 0 Å². The van der Waals surface area contributed by atoms with Crippen LogP contribution in [0.5, 0.6) is 0 Å². The van der Waals surface area contributed by atoms with Crippen molar-refractivity contribution in [1.29, 1.82) is 0 Å². The molecule has 0 aliphatic heterocycles. The molecule has 6 saturated carbocycles. The highest BCUT2D eigenvalue weighted by molar-refractivity contribution is 7.12. The van der Waals surface area contributed by atoms with E-state index >= 15 is 0 Å². The molecule has 1 heterocycles. The molecule has 3 bridgehead atoms. The summed E-state index contributed by atoms with van der Waals surface area (Å²) in [7, 11) is 0. The predicted octanol–water partition coefficient (Wildman–Crippen LogP) is 7.46. The smallest absolute Gasteiger partial charge is 0.156 e. The van der Waals surface area contributed by atoms with Gasteiger partial charge in [-0.15, -0.1) is 11.3 Å². The van der Waals surface area contributed by atoms with Crippen molar-refractivity contribution in [2.24, 2.45) is 40.9 Å². The Morgan fingerprint density at radius 2 is 1.50 bits per heavy atom. The standard InChI is InChI=1S/C31H38O2S/c1-16(32)26-27(19-8-9-19)24-13-25(18-6-4-3-5-7-18)34-29(24)31(28(26)17(2)33)22-11-20-10-21-12-23(31)15-30(20,21)14-22/h13,18-23,28H,3-12,14-15H2,1-2H3. The minimum atomic E-state index is -0.186. The summed E-state index contributed by atoms with van der Waals surface area (Å²) in [6.07, 6.45) is 15.9. The van der Waals surface area contributed by atoms with Crippen LogP contribution in [-0.2, 0) is 15.0 Å². The second-order valence-electron chi connectivity index (χ2n) is 13.5. The molecule has 2 spiro atoms. The molecule has 0 saturated heterocycles. The summed E-state index contributed by atoms with van der Waals surface area (Å²) in [4.78, 5) is 30.4. The summed E-state index contributed by atoms with van der Waals surface area (Å²) in [6, 6.07) is 2.57. The van der Waals surface area contributed by atoms with Crippen LogP contribution in [0, 0.1) is 40.9 Å². The molecule has 5 atom stereocenters. The Labute approximate surface area is 208 Å². The highest BCUT2D eigenvalue weighted by Crippen LogP contribution is 2.82. The number of ketones is 2. The first-order chi connectivity index (χ1) is 16.4. The number of thiophene rings is 1. The maximum absolute atomic E-state index is 13.8. The van der Waals surface area contributed by atoms with Gasteiger partial charge >= 0.3 is 0 Å². The molecule has 180 valence electrons. The minimum absolute atomic E-state index is 0.0917. The van der Waals surface area contributed by atoms with Crippen molar-refractivity contribution in [2.45, 2.75) is 102 Å². The van der Waals surface area contributed by atoms with Crippen LogP contribution in [0.1, 0.15) is 112 Å². The Balaban J connectivity index is 1.40. The molecule has 1 aromatic heterocycles. The minimum Gasteiger partial charge on any atom is -0.299 e. The van der Waals surface area contributed by atoms with Gasteiger partial charge in [-0.05, 0) is 130 Å². The van der Waals surface area contributed by atoms with Gasteiger partial charge in [-0.25, -0.2) is 0 Å². The molecular formula is C31H38O2S. The van der Waals surface area contributed by atoms with Crippen molar-refractivity contribution >= 4 is 28.5 Å². The van der Waals surface area contributed by atoms with Crippen LogP contribution in [-0.4, -0.2) is 11.6 Å². The first-order valence-electron chi connectivity index (χ1n) is 14.3. The molecule has 1 aromatic rings. The summed E-state index contributed by atoms with van der Waals surface area (Å²) >= 11 is 2.12. The van der Waals surface area contributed by atoms with Gasteiger partial charge in [0.2, 0.25) is 0 Å². The normalized spacial score (nSPS) is 44.4. The third-order valence-electron chi connectivity index (χ3n) is 12.2. The number of rotatable bonds is 4. The number of hydrogen-bond donors (Lipinski definition) is 0. The second-order valence-corrected chi connectivity index (χ2v) is 14.6. The fraction of sp³-hybridized carbons (Fsp3) is 0.742. The Bertz CT molecular complexity index is 1120. The van der Waals surface area contributed by atoms with E-state index in [-0.39, 0.29) is 22.9 Å². The summed E-state index contributed by atoms with van der Waals surface area (Å²) in [6.45, 7) is 3.60. The Kier molecular flexibility index (Phi) is 4.15. The summed E-state index contributed by atoms with van der Waals surface area (Å²) in [5.74, 6) is 4.49. The van der Waals surface area contributed by atoms with Crippen molar-refractivity contribution in [1.82, 2.24) is 0 Å². The molecule has 0 radical (unpaired) electrons. The predicted molar refractivity (Wildman–Crippen MR) is 136 cm³/mol. The van der Waals surface area contributed by atoms with Crippen molar-refractivity contribution in [3.05, 3.63) is 27.0 Å². The van der Waals surface area contributed by atoms with E-state index in [0.29, 0.717) is 29.1 Å². The zero-order chi connectivity index (χ0) is 23.0. The third kappa shape index (κ3) is 2.35. The van der Waals surface area contributed by atoms with E-state index < -0.39 is 0 Å². The van der Waals surface area contributed by atoms with Crippen LogP contribution in [0.25, 0.3) is 5.57 Å². The van der Waals surface area contributed by atoms with Crippen molar-refractivity contribution < 1.29 is 9.59 Å². The lowest BCUT2D eigenvalue weighted by Crippen LogP contribution is -2.54. The van der Waals surface area contributed by atoms with E-state index in [9.17, 15) is 9.59 Å². The van der Waals surface area contributed by atoms with Gasteiger partial charge in [-0.1, -0.05) is 19.3 Å². The lowest BCUT2D eigenvalue weighted by molar-refractivity contribution is -0.127. The first kappa shape index (κ1) is 20.9. The van der Waals surface area contributed by atoms with Gasteiger partial charge in [-0.2, -0.15) is 0 Å². The molecule has 5 unspecified atom stereocenters. The third-order valence-corrected chi connectivity index (χ3v) is 13.7. The SMILES string of the molecule is CC(=O)C1=C(C2CC2)c2cc(C3CCCCC3)sc2C2(C3CC4CC5CC2CC45C3)C1C(C)=O. The molecule has 0 aromatic carbocycles. The van der Waals surface area contributed by atoms with Gasteiger partial charge in [0.25, 0.3) is 0 Å². The molecule has 0 N–H and O–H groups in total. The summed E-state index contributed by atoms with van der Waals surface area (Å²) in [5.41, 5.74) is 4.27. The zero-order valence-corrected chi connectivity index (χ0v) is 21.6. The first-order valence-corrected chi connectivity index (χ1v) is 15.2. The molecule has 3 heteroatoms. The molecule has 2 nitrogen and oxygen atoms in total. The van der Waals surface area contributed by atoms with Crippen molar-refractivity contribution in [2.75, 3.05) is 0 Å². The summed E-state index contributed by atoms with van der Waals surface area (Å²) < 4.78 is 0. The average Bonchev–Trinajstić information content (AvgIpc) is 3.43. The lowest BCUT2D eigenvalue weighted by Gasteiger charge is -2.54. The highest BCUT2D eigenvalue weighted by atomic mass is 32.1. The van der Waals surface area contributed by atoms with E-state index in [1.54, 1.807) is 16.7 Å². The zero-order valence-electron chi connectivity index (χ0n) is 20.8. The number of Topliss-reactive ketones (excluding diaryl/α,β-unsaturated/α-hetero) is 2. The molecule has 0 amide bonds. The van der Waals surface area contributed by atoms with Gasteiger partial charge in [0.05, 0.1) is 5.92 Å². The fourth-order valence-electron chi connectivity index (χ4n) is 11.0. The van der Waals surface area contributed by atoms with Crippen LogP contribution >= 0.6 is 11.3 Å². The Morgan fingerprint density at radius 1 is 0.853 bits per heavy atom. The largest absolute Gasteiger partial charge is 0.299 e. The second kappa shape index (κ2) is 6.75. The quantitative estimate of drug-likeness (QED) is 0.454. The molecule has 6 fully saturated rings. The van der Waals surface area contributed by atoms with Gasteiger partial charge in [0, 0.05) is 20.7 Å². The highest BCUT2D eigenvalue weighted by Gasteiger charge is 2.76. The van der Waals surface area contributed by atoms with Crippen LogP contribution in [0.2, 0.25) is 0 Å². The van der Waals surface area contributed by atoms with E-state index in [0.717, 1.165) is 17.4 Å². The summed E-state index contributed by atoms with van der Waals surface area (Å²) in [5, 5.41) is 0. The molecule has 34 heavy (non-hydrogen) atoms. The van der Waals surface area contributed by atoms with E-state index in [1.165, 1.54) is 88.2 Å². The number of carbonyl (C=O) groups excluding carboxylic acids is 2. The molecule has 7 aliphatic carbocycles. The van der Waals surface area contributed by atoms with Gasteiger partial charge < -0.3 is 0 Å². The number of allylic oxidation sites excluding steroid dienone is 2.